The molecule has 0 bridgehead atoms. The summed E-state index contributed by atoms with van der Waals surface area (Å²) in [5.74, 6) is -0.0964. The second-order valence-electron chi connectivity index (χ2n) is 5.87. The van der Waals surface area contributed by atoms with E-state index < -0.39 is 0 Å². The number of hydrogen-bond donors (Lipinski definition) is 1. The van der Waals surface area contributed by atoms with E-state index in [1.807, 2.05) is 36.4 Å². The molecule has 0 radical (unpaired) electrons. The molecule has 0 aliphatic rings. The molecule has 26 heavy (non-hydrogen) atoms. The Kier molecular flexibility index (Phi) is 4.22. The number of nitrogen functional groups attached to an aromatic ring is 1. The molecular formula is C20H14ClFN4. The molecule has 0 fully saturated rings. The third-order valence-corrected chi connectivity index (χ3v) is 4.46. The number of benzene rings is 2. The van der Waals surface area contributed by atoms with Crippen LogP contribution >= 0.6 is 11.6 Å². The highest BCUT2D eigenvalue weighted by Gasteiger charge is 2.12. The lowest BCUT2D eigenvalue weighted by Crippen LogP contribution is -2.03. The van der Waals surface area contributed by atoms with Gasteiger partial charge in [-0.25, -0.2) is 19.3 Å². The zero-order valence-corrected chi connectivity index (χ0v) is 14.4. The van der Waals surface area contributed by atoms with Crippen LogP contribution in [-0.4, -0.2) is 15.0 Å². The minimum absolute atomic E-state index is 0.191. The third kappa shape index (κ3) is 3.21. The van der Waals surface area contributed by atoms with Crippen LogP contribution in [0, 0.1) is 5.82 Å². The Labute approximate surface area is 154 Å². The Bertz CT molecular complexity index is 1100. The lowest BCUT2D eigenvalue weighted by molar-refractivity contribution is 0.628. The predicted octanol–water partition coefficient (Wildman–Crippen LogP) is 4.66. The molecule has 6 heteroatoms. The van der Waals surface area contributed by atoms with Crippen molar-refractivity contribution >= 4 is 28.6 Å². The second-order valence-corrected chi connectivity index (χ2v) is 6.28. The molecule has 0 aliphatic heterocycles. The summed E-state index contributed by atoms with van der Waals surface area (Å²) in [4.78, 5) is 13.3. The van der Waals surface area contributed by atoms with Crippen LogP contribution in [-0.2, 0) is 6.42 Å². The lowest BCUT2D eigenvalue weighted by Gasteiger charge is -2.09. The maximum Gasteiger partial charge on any atom is 0.220 e. The first-order valence-corrected chi connectivity index (χ1v) is 8.40. The van der Waals surface area contributed by atoms with Crippen molar-refractivity contribution in [1.82, 2.24) is 15.0 Å². The van der Waals surface area contributed by atoms with Gasteiger partial charge in [0.25, 0.3) is 0 Å². The van der Waals surface area contributed by atoms with Crippen LogP contribution in [0.4, 0.5) is 10.3 Å². The Hall–Kier alpha value is -3.05. The maximum atomic E-state index is 13.2. The highest BCUT2D eigenvalue weighted by Crippen LogP contribution is 2.25. The van der Waals surface area contributed by atoms with E-state index in [9.17, 15) is 4.39 Å². The quantitative estimate of drug-likeness (QED) is 0.574. The van der Waals surface area contributed by atoms with Gasteiger partial charge in [-0.1, -0.05) is 29.8 Å². The number of anilines is 1. The van der Waals surface area contributed by atoms with E-state index in [0.717, 1.165) is 11.1 Å². The van der Waals surface area contributed by atoms with Gasteiger partial charge in [0.15, 0.2) is 0 Å². The number of nitrogens with two attached hydrogens (primary N) is 1. The van der Waals surface area contributed by atoms with Crippen LogP contribution in [0.25, 0.3) is 22.3 Å². The molecule has 0 amide bonds. The molecule has 0 aliphatic carbocycles. The van der Waals surface area contributed by atoms with E-state index in [1.54, 1.807) is 12.1 Å². The summed E-state index contributed by atoms with van der Waals surface area (Å²) in [5.41, 5.74) is 10.3. The van der Waals surface area contributed by atoms with E-state index in [1.165, 1.54) is 12.1 Å². The van der Waals surface area contributed by atoms with Crippen LogP contribution in [0.3, 0.4) is 0 Å². The SMILES string of the molecule is Nc1nc(Cc2ccccc2Cl)c2nc(-c3ccc(F)cc3)ccc2n1. The maximum absolute atomic E-state index is 13.2. The fourth-order valence-corrected chi connectivity index (χ4v) is 3.02. The minimum Gasteiger partial charge on any atom is -0.368 e. The van der Waals surface area contributed by atoms with Crippen LogP contribution < -0.4 is 5.73 Å². The summed E-state index contributed by atoms with van der Waals surface area (Å²) >= 11 is 6.28. The lowest BCUT2D eigenvalue weighted by atomic mass is 10.1. The average Bonchev–Trinajstić information content (AvgIpc) is 2.64. The highest BCUT2D eigenvalue weighted by atomic mass is 35.5. The van der Waals surface area contributed by atoms with Gasteiger partial charge < -0.3 is 5.73 Å². The topological polar surface area (TPSA) is 64.7 Å². The van der Waals surface area contributed by atoms with E-state index >= 15 is 0 Å². The smallest absolute Gasteiger partial charge is 0.220 e. The number of rotatable bonds is 3. The van der Waals surface area contributed by atoms with Gasteiger partial charge >= 0.3 is 0 Å². The monoisotopic (exact) mass is 364 g/mol. The Balaban J connectivity index is 1.84. The first-order valence-electron chi connectivity index (χ1n) is 8.02. The molecule has 4 aromatic rings. The number of aromatic nitrogens is 3. The van der Waals surface area contributed by atoms with Gasteiger partial charge in [0, 0.05) is 17.0 Å². The largest absolute Gasteiger partial charge is 0.368 e. The van der Waals surface area contributed by atoms with Crippen molar-refractivity contribution in [2.24, 2.45) is 0 Å². The summed E-state index contributed by atoms with van der Waals surface area (Å²) in [5, 5.41) is 0.660. The zero-order valence-electron chi connectivity index (χ0n) is 13.7. The van der Waals surface area contributed by atoms with E-state index in [4.69, 9.17) is 22.3 Å². The van der Waals surface area contributed by atoms with Crippen LogP contribution in [0.5, 0.6) is 0 Å². The summed E-state index contributed by atoms with van der Waals surface area (Å²) < 4.78 is 13.2. The first-order chi connectivity index (χ1) is 12.6. The Morgan fingerprint density at radius 1 is 0.885 bits per heavy atom. The fraction of sp³-hybridized carbons (Fsp3) is 0.0500. The molecule has 2 aromatic heterocycles. The van der Waals surface area contributed by atoms with Crippen LogP contribution in [0.2, 0.25) is 5.02 Å². The second kappa shape index (κ2) is 6.69. The molecule has 128 valence electrons. The molecule has 4 rings (SSSR count). The minimum atomic E-state index is -0.287. The van der Waals surface area contributed by atoms with E-state index in [-0.39, 0.29) is 11.8 Å². The van der Waals surface area contributed by atoms with Gasteiger partial charge in [-0.2, -0.15) is 0 Å². The standard InChI is InChI=1S/C20H14ClFN4/c21-15-4-2-1-3-13(15)11-18-19-17(25-20(23)26-18)10-9-16(24-19)12-5-7-14(22)8-6-12/h1-10H,11H2,(H2,23,25,26). The van der Waals surface area contributed by atoms with Gasteiger partial charge in [0.05, 0.1) is 16.9 Å². The molecule has 0 saturated heterocycles. The Morgan fingerprint density at radius 3 is 2.42 bits per heavy atom. The van der Waals surface area contributed by atoms with Crippen molar-refractivity contribution in [3.63, 3.8) is 0 Å². The molecule has 2 heterocycles. The number of fused-ring (bicyclic) bond motifs is 1. The van der Waals surface area contributed by atoms with Gasteiger partial charge in [-0.3, -0.25) is 0 Å². The number of halogens is 2. The van der Waals surface area contributed by atoms with Crippen LogP contribution in [0.15, 0.2) is 60.7 Å². The molecule has 2 N–H and O–H groups in total. The number of nitrogens with zero attached hydrogens (tertiary/aromatic N) is 3. The van der Waals surface area contributed by atoms with E-state index in [0.29, 0.717) is 33.9 Å². The first kappa shape index (κ1) is 16.4. The molecule has 4 nitrogen and oxygen atoms in total. The summed E-state index contributed by atoms with van der Waals surface area (Å²) in [7, 11) is 0. The van der Waals surface area contributed by atoms with Crippen molar-refractivity contribution in [3.05, 3.63) is 82.8 Å². The molecular weight excluding hydrogens is 351 g/mol. The van der Waals surface area contributed by atoms with Gasteiger partial charge in [-0.05, 0) is 48.0 Å². The van der Waals surface area contributed by atoms with Gasteiger partial charge in [0.1, 0.15) is 11.3 Å². The van der Waals surface area contributed by atoms with E-state index in [2.05, 4.69) is 9.97 Å². The average molecular weight is 365 g/mol. The zero-order chi connectivity index (χ0) is 18.1. The van der Waals surface area contributed by atoms with Gasteiger partial charge in [0.2, 0.25) is 5.95 Å². The molecule has 2 aromatic carbocycles. The van der Waals surface area contributed by atoms with Crippen molar-refractivity contribution in [3.8, 4) is 11.3 Å². The molecule has 0 unspecified atom stereocenters. The summed E-state index contributed by atoms with van der Waals surface area (Å²) in [6.07, 6.45) is 0.489. The van der Waals surface area contributed by atoms with Crippen molar-refractivity contribution in [2.75, 3.05) is 5.73 Å². The fourth-order valence-electron chi connectivity index (χ4n) is 2.82. The van der Waals surface area contributed by atoms with Crippen molar-refractivity contribution < 1.29 is 4.39 Å². The normalized spacial score (nSPS) is 11.0. The molecule has 0 saturated carbocycles. The summed E-state index contributed by atoms with van der Waals surface area (Å²) in [6, 6.07) is 17.4. The molecule has 0 atom stereocenters. The van der Waals surface area contributed by atoms with Crippen molar-refractivity contribution in [1.29, 1.82) is 0 Å². The highest BCUT2D eigenvalue weighted by molar-refractivity contribution is 6.31. The van der Waals surface area contributed by atoms with Crippen molar-refractivity contribution in [2.45, 2.75) is 6.42 Å². The van der Waals surface area contributed by atoms with Crippen LogP contribution in [0.1, 0.15) is 11.3 Å². The number of pyridine rings is 1. The van der Waals surface area contributed by atoms with Gasteiger partial charge in [-0.15, -0.1) is 0 Å². The summed E-state index contributed by atoms with van der Waals surface area (Å²) in [6.45, 7) is 0. The predicted molar refractivity (Wildman–Crippen MR) is 101 cm³/mol. The Morgan fingerprint density at radius 2 is 1.65 bits per heavy atom. The third-order valence-electron chi connectivity index (χ3n) is 4.09. The number of hydrogen-bond acceptors (Lipinski definition) is 4. The molecule has 0 spiro atoms.